The van der Waals surface area contributed by atoms with E-state index in [2.05, 4.69) is 0 Å². The van der Waals surface area contributed by atoms with E-state index in [0.29, 0.717) is 11.5 Å². The summed E-state index contributed by atoms with van der Waals surface area (Å²) >= 11 is 1.41. The molecule has 0 bridgehead atoms. The molecule has 0 aliphatic heterocycles. The van der Waals surface area contributed by atoms with Crippen molar-refractivity contribution in [1.29, 1.82) is 0 Å². The van der Waals surface area contributed by atoms with Crippen LogP contribution in [-0.2, 0) is 23.9 Å². The molecule has 0 amide bonds. The normalized spacial score (nSPS) is 14.0. The summed E-state index contributed by atoms with van der Waals surface area (Å²) < 4.78 is 10.3. The molecule has 0 rings (SSSR count). The number of carbonyl (C=O) groups is 3. The summed E-state index contributed by atoms with van der Waals surface area (Å²) in [6.07, 6.45) is -0.00262. The Kier molecular flexibility index (Phi) is 10.1. The van der Waals surface area contributed by atoms with Crippen LogP contribution in [0.2, 0.25) is 0 Å². The quantitative estimate of drug-likeness (QED) is 0.603. The van der Waals surface area contributed by atoms with Crippen LogP contribution in [0.5, 0.6) is 0 Å². The standard InChI is InChI=1S/C16H29NO5S/c1-6-13(18)21-8-11(22-14(19)7-2)9-23-10-12(17)15(20)16(3,4)5/h11-12H,6-10,17H2,1-5H3/t11?,12-/m0/s1. The molecule has 0 spiro atoms. The highest BCUT2D eigenvalue weighted by molar-refractivity contribution is 7.99. The molecule has 0 saturated carbocycles. The Morgan fingerprint density at radius 3 is 2.09 bits per heavy atom. The fourth-order valence-corrected chi connectivity index (χ4v) is 2.60. The topological polar surface area (TPSA) is 95.7 Å². The molecule has 0 aliphatic carbocycles. The molecule has 2 atom stereocenters. The molecule has 134 valence electrons. The number of thioether (sulfide) groups is 1. The van der Waals surface area contributed by atoms with E-state index in [1.54, 1.807) is 13.8 Å². The van der Waals surface area contributed by atoms with E-state index in [0.717, 1.165) is 0 Å². The average molecular weight is 347 g/mol. The summed E-state index contributed by atoms with van der Waals surface area (Å²) in [7, 11) is 0. The Labute approximate surface area is 142 Å². The molecular weight excluding hydrogens is 318 g/mol. The second-order valence-corrected chi connectivity index (χ2v) is 7.34. The van der Waals surface area contributed by atoms with Crippen molar-refractivity contribution in [3.8, 4) is 0 Å². The van der Waals surface area contributed by atoms with E-state index < -0.39 is 17.6 Å². The van der Waals surface area contributed by atoms with E-state index in [1.165, 1.54) is 11.8 Å². The molecule has 0 aliphatic rings. The Balaban J connectivity index is 4.39. The Morgan fingerprint density at radius 2 is 1.61 bits per heavy atom. The first-order chi connectivity index (χ1) is 10.6. The second-order valence-electron chi connectivity index (χ2n) is 6.26. The van der Waals surface area contributed by atoms with Crippen molar-refractivity contribution in [3.63, 3.8) is 0 Å². The molecule has 6 nitrogen and oxygen atoms in total. The van der Waals surface area contributed by atoms with Gasteiger partial charge in [0.25, 0.3) is 0 Å². The molecule has 2 N–H and O–H groups in total. The third-order valence-electron chi connectivity index (χ3n) is 2.98. The van der Waals surface area contributed by atoms with Crippen molar-refractivity contribution in [2.75, 3.05) is 18.1 Å². The van der Waals surface area contributed by atoms with Crippen molar-refractivity contribution >= 4 is 29.5 Å². The number of ketones is 1. The number of nitrogens with two attached hydrogens (primary N) is 1. The number of hydrogen-bond donors (Lipinski definition) is 1. The largest absolute Gasteiger partial charge is 0.462 e. The van der Waals surface area contributed by atoms with Gasteiger partial charge in [-0.1, -0.05) is 34.6 Å². The summed E-state index contributed by atoms with van der Waals surface area (Å²) in [6.45, 7) is 8.90. The van der Waals surface area contributed by atoms with Crippen LogP contribution in [0.15, 0.2) is 0 Å². The molecule has 23 heavy (non-hydrogen) atoms. The van der Waals surface area contributed by atoms with E-state index in [9.17, 15) is 14.4 Å². The number of esters is 2. The lowest BCUT2D eigenvalue weighted by atomic mass is 9.87. The number of Topliss-reactive ketones (excluding diaryl/α,β-unsaturated/α-hetero) is 1. The van der Waals surface area contributed by atoms with Crippen LogP contribution in [-0.4, -0.2) is 48.0 Å². The van der Waals surface area contributed by atoms with Gasteiger partial charge in [0.2, 0.25) is 0 Å². The van der Waals surface area contributed by atoms with Gasteiger partial charge in [-0.25, -0.2) is 0 Å². The van der Waals surface area contributed by atoms with Gasteiger partial charge in [-0.3, -0.25) is 14.4 Å². The van der Waals surface area contributed by atoms with Crippen LogP contribution in [0.4, 0.5) is 0 Å². The summed E-state index contributed by atoms with van der Waals surface area (Å²) in [6, 6.07) is -0.569. The lowest BCUT2D eigenvalue weighted by Gasteiger charge is -2.22. The molecule has 0 aromatic rings. The molecule has 0 radical (unpaired) electrons. The third kappa shape index (κ3) is 9.61. The Hall–Kier alpha value is -1.08. The van der Waals surface area contributed by atoms with Gasteiger partial charge in [0.1, 0.15) is 12.7 Å². The smallest absolute Gasteiger partial charge is 0.305 e. The van der Waals surface area contributed by atoms with Crippen molar-refractivity contribution in [3.05, 3.63) is 0 Å². The minimum Gasteiger partial charge on any atom is -0.462 e. The monoisotopic (exact) mass is 347 g/mol. The maximum absolute atomic E-state index is 12.0. The Morgan fingerprint density at radius 1 is 1.04 bits per heavy atom. The SMILES string of the molecule is CCC(=O)OCC(CSC[C@H](N)C(=O)C(C)(C)C)OC(=O)CC. The predicted molar refractivity (Wildman–Crippen MR) is 91.2 cm³/mol. The highest BCUT2D eigenvalue weighted by atomic mass is 32.2. The van der Waals surface area contributed by atoms with E-state index in [4.69, 9.17) is 15.2 Å². The van der Waals surface area contributed by atoms with Crippen molar-refractivity contribution in [2.45, 2.75) is 59.6 Å². The highest BCUT2D eigenvalue weighted by Gasteiger charge is 2.27. The van der Waals surface area contributed by atoms with Gasteiger partial charge in [-0.05, 0) is 0 Å². The first-order valence-electron chi connectivity index (χ1n) is 7.84. The van der Waals surface area contributed by atoms with Gasteiger partial charge in [0.15, 0.2) is 5.78 Å². The predicted octanol–water partition coefficient (Wildman–Crippen LogP) is 1.94. The first-order valence-corrected chi connectivity index (χ1v) is 9.00. The van der Waals surface area contributed by atoms with Gasteiger partial charge >= 0.3 is 11.9 Å². The number of ether oxygens (including phenoxy) is 2. The van der Waals surface area contributed by atoms with Crippen LogP contribution in [0.1, 0.15) is 47.5 Å². The van der Waals surface area contributed by atoms with E-state index in [1.807, 2.05) is 20.8 Å². The van der Waals surface area contributed by atoms with Crippen LogP contribution in [0, 0.1) is 5.41 Å². The van der Waals surface area contributed by atoms with Crippen LogP contribution in [0.25, 0.3) is 0 Å². The molecule has 0 saturated heterocycles. The van der Waals surface area contributed by atoms with Crippen LogP contribution in [0.3, 0.4) is 0 Å². The molecule has 1 unspecified atom stereocenters. The summed E-state index contributed by atoms with van der Waals surface area (Å²) in [4.78, 5) is 34.7. The van der Waals surface area contributed by atoms with E-state index in [-0.39, 0.29) is 37.2 Å². The van der Waals surface area contributed by atoms with Gasteiger partial charge in [-0.15, -0.1) is 0 Å². The molecule has 0 fully saturated rings. The van der Waals surface area contributed by atoms with Gasteiger partial charge in [0, 0.05) is 29.8 Å². The molecule has 0 heterocycles. The summed E-state index contributed by atoms with van der Waals surface area (Å²) in [5.74, 6) is 0.154. The first kappa shape index (κ1) is 21.9. The van der Waals surface area contributed by atoms with Crippen molar-refractivity contribution in [2.24, 2.45) is 11.1 Å². The molecule has 0 aromatic heterocycles. The molecular formula is C16H29NO5S. The van der Waals surface area contributed by atoms with E-state index >= 15 is 0 Å². The van der Waals surface area contributed by atoms with Gasteiger partial charge < -0.3 is 15.2 Å². The number of hydrogen-bond acceptors (Lipinski definition) is 7. The number of rotatable bonds is 10. The Bertz CT molecular complexity index is 406. The van der Waals surface area contributed by atoms with Crippen LogP contribution < -0.4 is 5.73 Å². The molecule has 0 aromatic carbocycles. The zero-order valence-electron chi connectivity index (χ0n) is 14.7. The maximum atomic E-state index is 12.0. The lowest BCUT2D eigenvalue weighted by Crippen LogP contribution is -2.41. The average Bonchev–Trinajstić information content (AvgIpc) is 2.49. The van der Waals surface area contributed by atoms with Crippen molar-refractivity contribution in [1.82, 2.24) is 0 Å². The molecule has 7 heteroatoms. The van der Waals surface area contributed by atoms with Crippen LogP contribution >= 0.6 is 11.8 Å². The number of carbonyl (C=O) groups excluding carboxylic acids is 3. The van der Waals surface area contributed by atoms with Crippen molar-refractivity contribution < 1.29 is 23.9 Å². The zero-order valence-corrected chi connectivity index (χ0v) is 15.5. The van der Waals surface area contributed by atoms with Gasteiger partial charge in [0.05, 0.1) is 6.04 Å². The summed E-state index contributed by atoms with van der Waals surface area (Å²) in [5.41, 5.74) is 5.42. The van der Waals surface area contributed by atoms with Gasteiger partial charge in [-0.2, -0.15) is 11.8 Å². The highest BCUT2D eigenvalue weighted by Crippen LogP contribution is 2.18. The fraction of sp³-hybridized carbons (Fsp3) is 0.812. The third-order valence-corrected chi connectivity index (χ3v) is 4.19. The second kappa shape index (κ2) is 10.6. The minimum absolute atomic E-state index is 0.00971. The minimum atomic E-state index is -0.569. The fourth-order valence-electron chi connectivity index (χ4n) is 1.63. The lowest BCUT2D eigenvalue weighted by molar-refractivity contribution is -0.157. The maximum Gasteiger partial charge on any atom is 0.305 e. The summed E-state index contributed by atoms with van der Waals surface area (Å²) in [5, 5.41) is 0. The zero-order chi connectivity index (χ0) is 18.0.